The van der Waals surface area contributed by atoms with Gasteiger partial charge in [0, 0.05) is 62.0 Å². The zero-order chi connectivity index (χ0) is 38.7. The van der Waals surface area contributed by atoms with Crippen molar-refractivity contribution >= 4 is 39.5 Å². The van der Waals surface area contributed by atoms with Crippen LogP contribution in [-0.2, 0) is 4.79 Å². The van der Waals surface area contributed by atoms with Crippen LogP contribution >= 0.6 is 0 Å². The molecular weight excluding hydrogens is 700 g/mol. The van der Waals surface area contributed by atoms with Crippen molar-refractivity contribution in [3.05, 3.63) is 82.8 Å². The van der Waals surface area contributed by atoms with Gasteiger partial charge in [-0.15, -0.1) is 6.42 Å². The highest BCUT2D eigenvalue weighted by Gasteiger charge is 2.31. The lowest BCUT2D eigenvalue weighted by atomic mass is 9.96. The molecule has 2 fully saturated rings. The largest absolute Gasteiger partial charge is 0.467 e. The van der Waals surface area contributed by atoms with Gasteiger partial charge in [-0.05, 0) is 50.6 Å². The smallest absolute Gasteiger partial charge is 0.318 e. The summed E-state index contributed by atoms with van der Waals surface area (Å²) in [6, 6.07) is 8.16. The predicted molar refractivity (Wildman–Crippen MR) is 200 cm³/mol. The average Bonchev–Trinajstić information content (AvgIpc) is 3.85. The van der Waals surface area contributed by atoms with E-state index in [1.165, 1.54) is 38.4 Å². The molecule has 1 amide bonds. The molecule has 3 aromatic heterocycles. The van der Waals surface area contributed by atoms with Crippen molar-refractivity contribution in [2.75, 3.05) is 38.7 Å². The first kappa shape index (κ1) is 38.1. The van der Waals surface area contributed by atoms with E-state index < -0.39 is 23.6 Å². The summed E-state index contributed by atoms with van der Waals surface area (Å²) in [5.74, 6) is 0.924. The third kappa shape index (κ3) is 7.68. The number of nitrogens with zero attached hydrogens (tertiary/aromatic N) is 7. The number of hydrogen-bond acceptors (Lipinski definition) is 9. The van der Waals surface area contributed by atoms with Crippen molar-refractivity contribution in [1.82, 2.24) is 35.1 Å². The number of likely N-dealkylation sites (tertiary alicyclic amines) is 1. The zero-order valence-corrected chi connectivity index (χ0v) is 30.6. The van der Waals surface area contributed by atoms with Crippen molar-refractivity contribution in [3.63, 3.8) is 0 Å². The van der Waals surface area contributed by atoms with E-state index in [2.05, 4.69) is 43.1 Å². The summed E-state index contributed by atoms with van der Waals surface area (Å²) in [5.41, 5.74) is 0.491. The van der Waals surface area contributed by atoms with E-state index in [4.69, 9.17) is 11.2 Å². The summed E-state index contributed by atoms with van der Waals surface area (Å²) in [5, 5.41) is 4.41. The molecule has 7 rings (SSSR count). The maximum Gasteiger partial charge on any atom is 0.318 e. The number of likely N-dealkylation sites (N-methyl/N-ethyl adjacent to an activating group) is 1. The molecule has 1 N–H and O–H groups in total. The minimum atomic E-state index is -0.747. The minimum absolute atomic E-state index is 0.0117. The highest BCUT2D eigenvalue weighted by atomic mass is 19.1. The fourth-order valence-electron chi connectivity index (χ4n) is 6.87. The van der Waals surface area contributed by atoms with Crippen molar-refractivity contribution in [3.8, 4) is 29.6 Å². The van der Waals surface area contributed by atoms with E-state index in [0.717, 1.165) is 12.8 Å². The summed E-state index contributed by atoms with van der Waals surface area (Å²) in [7, 11) is 3.17. The van der Waals surface area contributed by atoms with Crippen molar-refractivity contribution in [1.29, 1.82) is 0 Å². The fraction of sp³-hybridized carbons (Fsp3) is 0.350. The molecular formula is C40H40F4N8O2. The Morgan fingerprint density at radius 2 is 1.93 bits per heavy atom. The second-order valence-electron chi connectivity index (χ2n) is 13.3. The number of aryl methyl sites for hydroxylation is 2. The van der Waals surface area contributed by atoms with Gasteiger partial charge in [0.15, 0.2) is 11.6 Å². The minimum Gasteiger partial charge on any atom is -0.467 e. The second kappa shape index (κ2) is 16.1. The Kier molecular flexibility index (Phi) is 11.4. The van der Waals surface area contributed by atoms with Gasteiger partial charge >= 0.3 is 6.01 Å². The molecule has 5 aromatic rings. The van der Waals surface area contributed by atoms with Crippen LogP contribution in [0.1, 0.15) is 49.0 Å². The quantitative estimate of drug-likeness (QED) is 0.114. The van der Waals surface area contributed by atoms with Crippen molar-refractivity contribution in [2.24, 2.45) is 0 Å². The topological polar surface area (TPSA) is 109 Å². The fourth-order valence-corrected chi connectivity index (χ4v) is 6.87. The number of anilines is 1. The number of terminal acetylenes is 1. The first-order valence-corrected chi connectivity index (χ1v) is 17.6. The van der Waals surface area contributed by atoms with E-state index in [1.54, 1.807) is 43.1 Å². The monoisotopic (exact) mass is 740 g/mol. The zero-order valence-electron chi connectivity index (χ0n) is 30.6. The van der Waals surface area contributed by atoms with Crippen LogP contribution in [0.3, 0.4) is 0 Å². The normalized spacial score (nSPS) is 18.2. The molecule has 2 aromatic carbocycles. The van der Waals surface area contributed by atoms with Gasteiger partial charge in [0.1, 0.15) is 40.5 Å². The second-order valence-corrected chi connectivity index (χ2v) is 13.3. The number of carbonyl (C=O) groups excluding carboxylic acids is 1. The SMILES string of the molecule is C#Cc1c(F)ccc2cccc(-c3ncc4c(N(C)C5CCN(C(=O)/C=C/c6nc(C)nc(C)c6F)C5)nc(OC)nc4c3F)c12.CCC1CC(F)CN1. The lowest BCUT2D eigenvalue weighted by Crippen LogP contribution is -2.36. The Bertz CT molecular complexity index is 2300. The molecule has 0 radical (unpaired) electrons. The predicted octanol–water partition coefficient (Wildman–Crippen LogP) is 6.51. The molecule has 0 bridgehead atoms. The Balaban J connectivity index is 0.000000552. The third-order valence-corrected chi connectivity index (χ3v) is 9.78. The number of carbonyl (C=O) groups is 1. The van der Waals surface area contributed by atoms with Crippen LogP contribution in [0, 0.1) is 43.6 Å². The molecule has 2 aliphatic heterocycles. The van der Waals surface area contributed by atoms with Crippen LogP contribution in [0.25, 0.3) is 39.0 Å². The molecule has 10 nitrogen and oxygen atoms in total. The standard InChI is InChI=1S/C34H28F3N7O2.C6H12FN/c1-6-22-25(35)11-10-20-8-7-9-23(28(20)22)31-30(37)32-24(16-38-31)33(42-34(41-32)46-5)43(4)21-14-15-44(17-21)27(45)13-12-26-29(36)18(2)39-19(3)40-26;1-2-6-3-5(7)4-8-6/h1,7-13,16,21H,14-15,17H2,2-5H3;5-6,8H,2-4H2,1H3/b13-12+;. The van der Waals surface area contributed by atoms with E-state index in [1.807, 2.05) is 4.90 Å². The summed E-state index contributed by atoms with van der Waals surface area (Å²) >= 11 is 0. The van der Waals surface area contributed by atoms with Gasteiger partial charge in [0.2, 0.25) is 5.91 Å². The first-order valence-electron chi connectivity index (χ1n) is 17.6. The lowest BCUT2D eigenvalue weighted by Gasteiger charge is -2.27. The van der Waals surface area contributed by atoms with Crippen LogP contribution in [0.15, 0.2) is 42.6 Å². The molecule has 2 saturated heterocycles. The summed E-state index contributed by atoms with van der Waals surface area (Å²) < 4.78 is 63.1. The molecule has 280 valence electrons. The summed E-state index contributed by atoms with van der Waals surface area (Å²) in [6.07, 6.45) is 11.5. The van der Waals surface area contributed by atoms with Crippen LogP contribution in [0.4, 0.5) is 23.4 Å². The van der Waals surface area contributed by atoms with Crippen molar-refractivity contribution < 1.29 is 27.1 Å². The molecule has 3 atom stereocenters. The average molecular weight is 741 g/mol. The molecule has 3 unspecified atom stereocenters. The van der Waals surface area contributed by atoms with Crippen LogP contribution < -0.4 is 15.0 Å². The highest BCUT2D eigenvalue weighted by molar-refractivity contribution is 6.02. The number of aromatic nitrogens is 5. The molecule has 2 aliphatic rings. The Hall–Kier alpha value is -5.68. The third-order valence-electron chi connectivity index (χ3n) is 9.78. The maximum absolute atomic E-state index is 16.4. The Morgan fingerprint density at radius 3 is 2.61 bits per heavy atom. The Labute approximate surface area is 310 Å². The number of halogens is 4. The van der Waals surface area contributed by atoms with Gasteiger partial charge in [0.05, 0.1) is 23.8 Å². The van der Waals surface area contributed by atoms with Gasteiger partial charge < -0.3 is 19.9 Å². The number of nitrogens with one attached hydrogen (secondary N) is 1. The molecule has 0 saturated carbocycles. The van der Waals surface area contributed by atoms with Crippen molar-refractivity contribution in [2.45, 2.75) is 58.3 Å². The number of hydrogen-bond donors (Lipinski definition) is 1. The van der Waals surface area contributed by atoms with E-state index >= 15 is 4.39 Å². The van der Waals surface area contributed by atoms with Crippen LogP contribution in [-0.4, -0.2) is 87.8 Å². The molecule has 5 heterocycles. The number of fused-ring (bicyclic) bond motifs is 2. The summed E-state index contributed by atoms with van der Waals surface area (Å²) in [6.45, 7) is 6.61. The van der Waals surface area contributed by atoms with Gasteiger partial charge in [-0.3, -0.25) is 9.78 Å². The Morgan fingerprint density at radius 1 is 1.13 bits per heavy atom. The molecule has 54 heavy (non-hydrogen) atoms. The van der Waals surface area contributed by atoms with Crippen LogP contribution in [0.5, 0.6) is 6.01 Å². The maximum atomic E-state index is 16.4. The van der Waals surface area contributed by atoms with Gasteiger partial charge in [-0.2, -0.15) is 9.97 Å². The summed E-state index contributed by atoms with van der Waals surface area (Å²) in [4.78, 5) is 37.8. The number of rotatable bonds is 7. The highest BCUT2D eigenvalue weighted by Crippen LogP contribution is 2.37. The number of amides is 1. The number of ether oxygens (including phenoxy) is 1. The first-order chi connectivity index (χ1) is 25.9. The van der Waals surface area contributed by atoms with Gasteiger partial charge in [-0.25, -0.2) is 27.5 Å². The number of pyridine rings is 1. The van der Waals surface area contributed by atoms with Gasteiger partial charge in [0.25, 0.3) is 0 Å². The lowest BCUT2D eigenvalue weighted by molar-refractivity contribution is -0.124. The van der Waals surface area contributed by atoms with E-state index in [0.29, 0.717) is 65.5 Å². The van der Waals surface area contributed by atoms with E-state index in [-0.39, 0.29) is 46.1 Å². The molecule has 0 spiro atoms. The number of alkyl halides is 1. The van der Waals surface area contributed by atoms with Gasteiger partial charge in [-0.1, -0.05) is 37.1 Å². The van der Waals surface area contributed by atoms with Crippen LogP contribution in [0.2, 0.25) is 0 Å². The van der Waals surface area contributed by atoms with E-state index in [9.17, 15) is 18.0 Å². The molecule has 14 heteroatoms. The number of methoxy groups -OCH3 is 1. The number of benzene rings is 2. The molecule has 0 aliphatic carbocycles.